The summed E-state index contributed by atoms with van der Waals surface area (Å²) in [5, 5.41) is 4.13. The molecule has 0 bridgehead atoms. The molecule has 2 nitrogen and oxygen atoms in total. The van der Waals surface area contributed by atoms with Gasteiger partial charge in [0.1, 0.15) is 0 Å². The molecule has 0 amide bonds. The van der Waals surface area contributed by atoms with Crippen molar-refractivity contribution in [3.63, 3.8) is 0 Å². The highest BCUT2D eigenvalue weighted by Crippen LogP contribution is 2.41. The number of fused-ring (bicyclic) bond motifs is 6. The van der Waals surface area contributed by atoms with E-state index < -0.39 is 34.6 Å². The Balaban J connectivity index is 1.19. The van der Waals surface area contributed by atoms with Crippen molar-refractivity contribution in [2.75, 3.05) is 0 Å². The van der Waals surface area contributed by atoms with Gasteiger partial charge in [-0.3, -0.25) is 0 Å². The number of para-hydroxylation sites is 3. The van der Waals surface area contributed by atoms with E-state index in [0.717, 1.165) is 60.4 Å². The molecule has 0 aliphatic rings. The van der Waals surface area contributed by atoms with E-state index in [4.69, 9.17) is 0 Å². The van der Waals surface area contributed by atoms with E-state index in [0.29, 0.717) is 16.8 Å². The maximum Gasteiger partial charge on any atom is 0.200 e. The van der Waals surface area contributed by atoms with Crippen molar-refractivity contribution >= 4 is 43.6 Å². The molecule has 55 heavy (non-hydrogen) atoms. The Morgan fingerprint density at radius 1 is 0.273 bits per heavy atom. The van der Waals surface area contributed by atoms with Crippen LogP contribution >= 0.6 is 0 Å². The zero-order valence-electron chi connectivity index (χ0n) is 28.9. The lowest BCUT2D eigenvalue weighted by Crippen LogP contribution is -2.05. The first-order chi connectivity index (χ1) is 26.9. The summed E-state index contributed by atoms with van der Waals surface area (Å²) in [4.78, 5) is 0. The summed E-state index contributed by atoms with van der Waals surface area (Å²) in [6, 6.07) is 53.1. The van der Waals surface area contributed by atoms with Gasteiger partial charge in [-0.2, -0.15) is 0 Å². The molecular formula is C48H27F5N2. The van der Waals surface area contributed by atoms with E-state index in [2.05, 4.69) is 59.2 Å². The molecule has 2 heterocycles. The summed E-state index contributed by atoms with van der Waals surface area (Å²) in [6.45, 7) is 0. The van der Waals surface area contributed by atoms with Crippen molar-refractivity contribution in [3.05, 3.63) is 193 Å². The Labute approximate surface area is 311 Å². The lowest BCUT2D eigenvalue weighted by atomic mass is 9.96. The minimum atomic E-state index is -2.20. The second-order valence-corrected chi connectivity index (χ2v) is 13.6. The molecule has 8 aromatic carbocycles. The minimum Gasteiger partial charge on any atom is -0.309 e. The van der Waals surface area contributed by atoms with Crippen LogP contribution in [0.15, 0.2) is 164 Å². The van der Waals surface area contributed by atoms with Crippen LogP contribution in [0.25, 0.3) is 88.4 Å². The number of benzene rings is 8. The lowest BCUT2D eigenvalue weighted by molar-refractivity contribution is 0.381. The van der Waals surface area contributed by atoms with E-state index in [1.165, 1.54) is 12.1 Å². The van der Waals surface area contributed by atoms with Crippen molar-refractivity contribution in [3.8, 4) is 44.8 Å². The van der Waals surface area contributed by atoms with Gasteiger partial charge in [0.15, 0.2) is 23.3 Å². The molecule has 0 saturated carbocycles. The number of halogens is 5. The highest BCUT2D eigenvalue weighted by molar-refractivity contribution is 6.12. The Hall–Kier alpha value is -6.99. The average molecular weight is 727 g/mol. The largest absolute Gasteiger partial charge is 0.309 e. The summed E-state index contributed by atoms with van der Waals surface area (Å²) >= 11 is 0. The fourth-order valence-electron chi connectivity index (χ4n) is 7.98. The van der Waals surface area contributed by atoms with Crippen LogP contribution in [0.4, 0.5) is 22.0 Å². The van der Waals surface area contributed by atoms with Crippen molar-refractivity contribution in [1.29, 1.82) is 0 Å². The fraction of sp³-hybridized carbons (Fsp3) is 0. The van der Waals surface area contributed by atoms with Gasteiger partial charge < -0.3 is 9.13 Å². The first-order valence-corrected chi connectivity index (χ1v) is 17.7. The van der Waals surface area contributed by atoms with Crippen LogP contribution in [0.3, 0.4) is 0 Å². The number of hydrogen-bond donors (Lipinski definition) is 0. The molecule has 0 aliphatic heterocycles. The third-order valence-electron chi connectivity index (χ3n) is 10.5. The van der Waals surface area contributed by atoms with E-state index in [1.54, 1.807) is 0 Å². The average Bonchev–Trinajstić information content (AvgIpc) is 3.75. The predicted molar refractivity (Wildman–Crippen MR) is 211 cm³/mol. The van der Waals surface area contributed by atoms with Crippen LogP contribution in [-0.2, 0) is 0 Å². The molecule has 264 valence electrons. The topological polar surface area (TPSA) is 9.86 Å². The summed E-state index contributed by atoms with van der Waals surface area (Å²) in [5.41, 5.74) is 7.55. The lowest BCUT2D eigenvalue weighted by Gasteiger charge is -2.15. The van der Waals surface area contributed by atoms with Gasteiger partial charge in [-0.05, 0) is 94.5 Å². The fourth-order valence-corrected chi connectivity index (χ4v) is 7.98. The highest BCUT2D eigenvalue weighted by atomic mass is 19.2. The van der Waals surface area contributed by atoms with E-state index in [1.807, 2.05) is 102 Å². The van der Waals surface area contributed by atoms with Crippen molar-refractivity contribution < 1.29 is 22.0 Å². The van der Waals surface area contributed by atoms with Gasteiger partial charge in [-0.1, -0.05) is 97.1 Å². The monoisotopic (exact) mass is 726 g/mol. The van der Waals surface area contributed by atoms with Crippen molar-refractivity contribution in [2.45, 2.75) is 0 Å². The van der Waals surface area contributed by atoms with Crippen molar-refractivity contribution in [2.24, 2.45) is 0 Å². The van der Waals surface area contributed by atoms with Crippen LogP contribution < -0.4 is 0 Å². The van der Waals surface area contributed by atoms with Crippen LogP contribution in [0.5, 0.6) is 0 Å². The smallest absolute Gasteiger partial charge is 0.200 e. The molecule has 10 aromatic rings. The Morgan fingerprint density at radius 2 is 0.709 bits per heavy atom. The van der Waals surface area contributed by atoms with Gasteiger partial charge >= 0.3 is 0 Å². The van der Waals surface area contributed by atoms with Gasteiger partial charge in [-0.15, -0.1) is 0 Å². The van der Waals surface area contributed by atoms with Crippen molar-refractivity contribution in [1.82, 2.24) is 9.13 Å². The van der Waals surface area contributed by atoms with Gasteiger partial charge in [0.05, 0.1) is 27.6 Å². The van der Waals surface area contributed by atoms with Crippen LogP contribution in [0.2, 0.25) is 0 Å². The molecule has 2 aromatic heterocycles. The minimum absolute atomic E-state index is 0.144. The molecule has 0 atom stereocenters. The zero-order valence-corrected chi connectivity index (χ0v) is 28.9. The molecular weight excluding hydrogens is 700 g/mol. The molecule has 0 saturated heterocycles. The predicted octanol–water partition coefficient (Wildman–Crippen LogP) is 13.6. The van der Waals surface area contributed by atoms with Crippen LogP contribution in [0.1, 0.15) is 0 Å². The Bertz CT molecular complexity index is 3120. The van der Waals surface area contributed by atoms with Gasteiger partial charge in [-0.25, -0.2) is 22.0 Å². The highest BCUT2D eigenvalue weighted by Gasteiger charge is 2.27. The normalized spacial score (nSPS) is 11.7. The quantitative estimate of drug-likeness (QED) is 0.0949. The maximum absolute atomic E-state index is 15.4. The second kappa shape index (κ2) is 12.6. The van der Waals surface area contributed by atoms with Gasteiger partial charge in [0.25, 0.3) is 0 Å². The standard InChI is InChI=1S/C48H27F5N2/c49-44-43(45(50)47(52)48(53)46(44)51)32-23-31(28-11-3-1-4-12-28)24-34(25-32)55-40-18-10-8-16-36(40)38-27-30(20-22-42(38)55)29-19-21-41-37(26-29)35-15-7-9-17-39(35)54(41)33-13-5-2-6-14-33/h1-27H. The first kappa shape index (κ1) is 32.6. The SMILES string of the molecule is Fc1c(F)c(F)c(-c2cc(-c3ccccc3)cc(-n3c4ccccc4c4cc(-c5ccc6c(c5)c5ccccc5n6-c5ccccc5)ccc43)c2)c(F)c1F. The number of aromatic nitrogens is 2. The van der Waals surface area contributed by atoms with Crippen LogP contribution in [-0.4, -0.2) is 9.13 Å². The van der Waals surface area contributed by atoms with E-state index >= 15 is 8.78 Å². The molecule has 0 N–H and O–H groups in total. The van der Waals surface area contributed by atoms with E-state index in [9.17, 15) is 13.2 Å². The number of hydrogen-bond acceptors (Lipinski definition) is 0. The first-order valence-electron chi connectivity index (χ1n) is 17.7. The summed E-state index contributed by atoms with van der Waals surface area (Å²) < 4.78 is 78.2. The van der Waals surface area contributed by atoms with E-state index in [-0.39, 0.29) is 5.56 Å². The van der Waals surface area contributed by atoms with Gasteiger partial charge in [0.2, 0.25) is 5.82 Å². The number of nitrogens with zero attached hydrogens (tertiary/aromatic N) is 2. The zero-order chi connectivity index (χ0) is 37.4. The van der Waals surface area contributed by atoms with Gasteiger partial charge in [0, 0.05) is 32.9 Å². The summed E-state index contributed by atoms with van der Waals surface area (Å²) in [5.74, 6) is -9.95. The molecule has 0 fully saturated rings. The Kier molecular flexibility index (Phi) is 7.46. The molecule has 0 radical (unpaired) electrons. The molecule has 0 unspecified atom stereocenters. The van der Waals surface area contributed by atoms with Crippen LogP contribution in [0, 0.1) is 29.1 Å². The molecule has 7 heteroatoms. The third kappa shape index (κ3) is 5.07. The maximum atomic E-state index is 15.4. The molecule has 0 aliphatic carbocycles. The Morgan fingerprint density at radius 3 is 1.27 bits per heavy atom. The third-order valence-corrected chi connectivity index (χ3v) is 10.5. The molecule has 0 spiro atoms. The second-order valence-electron chi connectivity index (χ2n) is 13.6. The summed E-state index contributed by atoms with van der Waals surface area (Å²) in [7, 11) is 0. The number of rotatable bonds is 5. The summed E-state index contributed by atoms with van der Waals surface area (Å²) in [6.07, 6.45) is 0. The molecule has 10 rings (SSSR count).